The Morgan fingerprint density at radius 2 is 1.75 bits per heavy atom. The summed E-state index contributed by atoms with van der Waals surface area (Å²) in [6.07, 6.45) is 0. The molecule has 1 aromatic carbocycles. The van der Waals surface area contributed by atoms with Crippen LogP contribution in [0.3, 0.4) is 0 Å². The minimum Gasteiger partial charge on any atom is -0.480 e. The van der Waals surface area contributed by atoms with Crippen LogP contribution in [0.15, 0.2) is 30.3 Å². The van der Waals surface area contributed by atoms with Gasteiger partial charge in [0, 0.05) is 26.2 Å². The number of carbonyl (C=O) groups excluding carboxylic acids is 1. The molecule has 0 aromatic heterocycles. The standard InChI is InChI=1S/C14H19N3O3/c15-13(11-4-2-1-3-5-11)14(20)17-8-6-16(7-9-17)10-12(18)19/h1-5,13H,6-10,15H2,(H,18,19). The summed E-state index contributed by atoms with van der Waals surface area (Å²) in [6, 6.07) is 8.61. The van der Waals surface area contributed by atoms with E-state index in [1.807, 2.05) is 35.2 Å². The summed E-state index contributed by atoms with van der Waals surface area (Å²) in [7, 11) is 0. The second-order valence-electron chi connectivity index (χ2n) is 4.88. The lowest BCUT2D eigenvalue weighted by Gasteiger charge is -2.35. The van der Waals surface area contributed by atoms with E-state index in [2.05, 4.69) is 0 Å². The van der Waals surface area contributed by atoms with Crippen LogP contribution in [-0.4, -0.2) is 59.5 Å². The molecule has 1 aliphatic rings. The number of hydrogen-bond donors (Lipinski definition) is 2. The van der Waals surface area contributed by atoms with Crippen LogP contribution >= 0.6 is 0 Å². The largest absolute Gasteiger partial charge is 0.480 e. The molecular formula is C14H19N3O3. The summed E-state index contributed by atoms with van der Waals surface area (Å²) >= 11 is 0. The molecule has 1 saturated heterocycles. The summed E-state index contributed by atoms with van der Waals surface area (Å²) < 4.78 is 0. The van der Waals surface area contributed by atoms with E-state index in [1.165, 1.54) is 0 Å². The van der Waals surface area contributed by atoms with Gasteiger partial charge in [-0.25, -0.2) is 0 Å². The van der Waals surface area contributed by atoms with E-state index in [9.17, 15) is 9.59 Å². The highest BCUT2D eigenvalue weighted by atomic mass is 16.4. The second kappa shape index (κ2) is 6.49. The van der Waals surface area contributed by atoms with Gasteiger partial charge in [0.15, 0.2) is 0 Å². The first-order chi connectivity index (χ1) is 9.58. The second-order valence-corrected chi connectivity index (χ2v) is 4.88. The summed E-state index contributed by atoms with van der Waals surface area (Å²) in [5, 5.41) is 8.74. The van der Waals surface area contributed by atoms with Gasteiger partial charge in [-0.2, -0.15) is 0 Å². The van der Waals surface area contributed by atoms with Crippen LogP contribution in [0.5, 0.6) is 0 Å². The predicted molar refractivity (Wildman–Crippen MR) is 74.0 cm³/mol. The molecule has 6 heteroatoms. The highest BCUT2D eigenvalue weighted by Crippen LogP contribution is 2.14. The molecule has 0 radical (unpaired) electrons. The molecule has 1 atom stereocenters. The Labute approximate surface area is 117 Å². The van der Waals surface area contributed by atoms with Gasteiger partial charge in [-0.05, 0) is 5.56 Å². The number of nitrogens with two attached hydrogens (primary N) is 1. The van der Waals surface area contributed by atoms with Crippen LogP contribution in [0.2, 0.25) is 0 Å². The Morgan fingerprint density at radius 1 is 1.15 bits per heavy atom. The number of amides is 1. The molecule has 1 amide bonds. The molecule has 0 saturated carbocycles. The lowest BCUT2D eigenvalue weighted by Crippen LogP contribution is -2.51. The SMILES string of the molecule is NC(C(=O)N1CCN(CC(=O)O)CC1)c1ccccc1. The molecule has 1 fully saturated rings. The molecule has 108 valence electrons. The Balaban J connectivity index is 1.90. The van der Waals surface area contributed by atoms with E-state index in [0.717, 1.165) is 5.56 Å². The summed E-state index contributed by atoms with van der Waals surface area (Å²) in [5.41, 5.74) is 6.78. The van der Waals surface area contributed by atoms with Crippen molar-refractivity contribution in [3.05, 3.63) is 35.9 Å². The number of carboxylic acid groups (broad SMARTS) is 1. The Kier molecular flexibility index (Phi) is 4.70. The van der Waals surface area contributed by atoms with Gasteiger partial charge in [0.05, 0.1) is 6.54 Å². The fraction of sp³-hybridized carbons (Fsp3) is 0.429. The Hall–Kier alpha value is -1.92. The molecule has 20 heavy (non-hydrogen) atoms. The van der Waals surface area contributed by atoms with Gasteiger partial charge < -0.3 is 15.7 Å². The van der Waals surface area contributed by atoms with Crippen LogP contribution in [0.25, 0.3) is 0 Å². The van der Waals surface area contributed by atoms with Gasteiger partial charge in [0.25, 0.3) is 0 Å². The van der Waals surface area contributed by atoms with Crippen LogP contribution in [0.4, 0.5) is 0 Å². The average Bonchev–Trinajstić information content (AvgIpc) is 2.47. The monoisotopic (exact) mass is 277 g/mol. The van der Waals surface area contributed by atoms with Crippen molar-refractivity contribution >= 4 is 11.9 Å². The predicted octanol–water partition coefficient (Wildman–Crippen LogP) is -0.0848. The highest BCUT2D eigenvalue weighted by Gasteiger charge is 2.26. The van der Waals surface area contributed by atoms with Crippen molar-refractivity contribution in [1.82, 2.24) is 9.80 Å². The Morgan fingerprint density at radius 3 is 2.30 bits per heavy atom. The number of nitrogens with zero attached hydrogens (tertiary/aromatic N) is 2. The number of carboxylic acids is 1. The van der Waals surface area contributed by atoms with Gasteiger partial charge in [0.2, 0.25) is 5.91 Å². The van der Waals surface area contributed by atoms with E-state index in [0.29, 0.717) is 26.2 Å². The lowest BCUT2D eigenvalue weighted by atomic mass is 10.1. The fourth-order valence-electron chi connectivity index (χ4n) is 2.32. The molecule has 1 unspecified atom stereocenters. The number of rotatable bonds is 4. The van der Waals surface area contributed by atoms with Crippen LogP contribution in [-0.2, 0) is 9.59 Å². The third-order valence-corrected chi connectivity index (χ3v) is 3.47. The zero-order valence-corrected chi connectivity index (χ0v) is 11.2. The van der Waals surface area contributed by atoms with Gasteiger partial charge in [-0.15, -0.1) is 0 Å². The van der Waals surface area contributed by atoms with E-state index in [4.69, 9.17) is 10.8 Å². The van der Waals surface area contributed by atoms with Crippen molar-refractivity contribution in [1.29, 1.82) is 0 Å². The molecule has 1 aromatic rings. The van der Waals surface area contributed by atoms with Crippen LogP contribution < -0.4 is 5.73 Å². The maximum absolute atomic E-state index is 12.3. The van der Waals surface area contributed by atoms with Crippen LogP contribution in [0, 0.1) is 0 Å². The maximum Gasteiger partial charge on any atom is 0.317 e. The van der Waals surface area contributed by atoms with E-state index in [-0.39, 0.29) is 12.5 Å². The number of hydrogen-bond acceptors (Lipinski definition) is 4. The maximum atomic E-state index is 12.3. The summed E-state index contributed by atoms with van der Waals surface area (Å²) in [6.45, 7) is 2.20. The lowest BCUT2D eigenvalue weighted by molar-refractivity contribution is -0.139. The van der Waals surface area contributed by atoms with Crippen molar-refractivity contribution in [3.63, 3.8) is 0 Å². The van der Waals surface area contributed by atoms with Gasteiger partial charge in [-0.3, -0.25) is 14.5 Å². The third kappa shape index (κ3) is 3.55. The van der Waals surface area contributed by atoms with Crippen molar-refractivity contribution in [2.75, 3.05) is 32.7 Å². The smallest absolute Gasteiger partial charge is 0.317 e. The number of piperazine rings is 1. The molecule has 6 nitrogen and oxygen atoms in total. The first-order valence-corrected chi connectivity index (χ1v) is 6.61. The first-order valence-electron chi connectivity index (χ1n) is 6.61. The molecule has 1 heterocycles. The molecule has 0 bridgehead atoms. The zero-order chi connectivity index (χ0) is 14.5. The van der Waals surface area contributed by atoms with Gasteiger partial charge >= 0.3 is 5.97 Å². The topological polar surface area (TPSA) is 86.9 Å². The average molecular weight is 277 g/mol. The summed E-state index contributed by atoms with van der Waals surface area (Å²) in [4.78, 5) is 26.5. The molecular weight excluding hydrogens is 258 g/mol. The van der Waals surface area contributed by atoms with E-state index in [1.54, 1.807) is 4.90 Å². The zero-order valence-electron chi connectivity index (χ0n) is 11.2. The minimum atomic E-state index is -0.842. The molecule has 0 aliphatic carbocycles. The first kappa shape index (κ1) is 14.5. The van der Waals surface area contributed by atoms with Crippen LogP contribution in [0.1, 0.15) is 11.6 Å². The van der Waals surface area contributed by atoms with Crippen molar-refractivity contribution < 1.29 is 14.7 Å². The van der Waals surface area contributed by atoms with Gasteiger partial charge in [0.1, 0.15) is 6.04 Å². The van der Waals surface area contributed by atoms with E-state index < -0.39 is 12.0 Å². The molecule has 3 N–H and O–H groups in total. The normalized spacial score (nSPS) is 17.8. The van der Waals surface area contributed by atoms with Crippen molar-refractivity contribution in [2.24, 2.45) is 5.73 Å². The van der Waals surface area contributed by atoms with E-state index >= 15 is 0 Å². The van der Waals surface area contributed by atoms with Crippen molar-refractivity contribution in [2.45, 2.75) is 6.04 Å². The fourth-order valence-corrected chi connectivity index (χ4v) is 2.32. The highest BCUT2D eigenvalue weighted by molar-refractivity contribution is 5.83. The number of benzene rings is 1. The number of carbonyl (C=O) groups is 2. The third-order valence-electron chi connectivity index (χ3n) is 3.47. The Bertz CT molecular complexity index is 470. The van der Waals surface area contributed by atoms with Crippen molar-refractivity contribution in [3.8, 4) is 0 Å². The summed E-state index contributed by atoms with van der Waals surface area (Å²) in [5.74, 6) is -0.947. The molecule has 1 aliphatic heterocycles. The number of aliphatic carboxylic acids is 1. The quantitative estimate of drug-likeness (QED) is 0.803. The molecule has 2 rings (SSSR count). The minimum absolute atomic E-state index is 0.0206. The van der Waals surface area contributed by atoms with Gasteiger partial charge in [-0.1, -0.05) is 30.3 Å². The molecule has 0 spiro atoms.